The lowest BCUT2D eigenvalue weighted by atomic mass is 10.1. The Morgan fingerprint density at radius 3 is 2.66 bits per heavy atom. The lowest BCUT2D eigenvalue weighted by molar-refractivity contribution is 0.889. The van der Waals surface area contributed by atoms with Crippen LogP contribution in [0, 0.1) is 6.92 Å². The molecule has 0 saturated carbocycles. The molecule has 4 aromatic heterocycles. The first kappa shape index (κ1) is 17.8. The molecule has 1 aliphatic rings. The van der Waals surface area contributed by atoms with E-state index in [0.717, 1.165) is 59.0 Å². The molecule has 146 valence electrons. The first-order valence-electron chi connectivity index (χ1n) is 10.2. The van der Waals surface area contributed by atoms with Crippen molar-refractivity contribution in [1.29, 1.82) is 0 Å². The summed E-state index contributed by atoms with van der Waals surface area (Å²) in [6, 6.07) is 8.40. The van der Waals surface area contributed by atoms with Crippen LogP contribution in [0.5, 0.6) is 0 Å². The molecule has 4 aromatic rings. The zero-order valence-electron chi connectivity index (χ0n) is 16.6. The van der Waals surface area contributed by atoms with Crippen LogP contribution < -0.4 is 4.90 Å². The lowest BCUT2D eigenvalue weighted by Crippen LogP contribution is -2.19. The Labute approximate surface area is 170 Å². The standard InChI is InChI=1S/C23H24N6/c1-16-9-20-18(15-27-23(20)26-12-16)10-17-13-24-21(25-14-17)11-19-5-4-6-22(28-19)29-7-2-3-8-29/h4-6,9,12-15H,2-3,7-8,10-11H2,1H3,(H,26,27). The van der Waals surface area contributed by atoms with Crippen molar-refractivity contribution in [3.8, 4) is 0 Å². The van der Waals surface area contributed by atoms with Gasteiger partial charge in [-0.15, -0.1) is 0 Å². The van der Waals surface area contributed by atoms with Gasteiger partial charge in [-0.05, 0) is 54.7 Å². The summed E-state index contributed by atoms with van der Waals surface area (Å²) in [5.41, 5.74) is 5.41. The molecule has 0 amide bonds. The molecule has 1 aliphatic heterocycles. The van der Waals surface area contributed by atoms with Crippen molar-refractivity contribution >= 4 is 16.9 Å². The molecule has 0 bridgehead atoms. The fourth-order valence-electron chi connectivity index (χ4n) is 3.94. The first-order chi connectivity index (χ1) is 14.2. The second kappa shape index (κ2) is 7.62. The molecule has 0 radical (unpaired) electrons. The monoisotopic (exact) mass is 384 g/mol. The second-order valence-corrected chi connectivity index (χ2v) is 7.77. The van der Waals surface area contributed by atoms with Crippen molar-refractivity contribution in [2.75, 3.05) is 18.0 Å². The molecule has 0 atom stereocenters. The largest absolute Gasteiger partial charge is 0.357 e. The van der Waals surface area contributed by atoms with Crippen molar-refractivity contribution in [1.82, 2.24) is 24.9 Å². The lowest BCUT2D eigenvalue weighted by Gasteiger charge is -2.16. The van der Waals surface area contributed by atoms with E-state index in [0.29, 0.717) is 6.42 Å². The minimum absolute atomic E-state index is 0.651. The molecule has 0 aliphatic carbocycles. The maximum absolute atomic E-state index is 4.81. The van der Waals surface area contributed by atoms with Crippen LogP contribution in [0.25, 0.3) is 11.0 Å². The van der Waals surface area contributed by atoms with Gasteiger partial charge in [-0.3, -0.25) is 0 Å². The van der Waals surface area contributed by atoms with E-state index in [-0.39, 0.29) is 0 Å². The predicted molar refractivity (Wildman–Crippen MR) is 114 cm³/mol. The average Bonchev–Trinajstić information content (AvgIpc) is 3.40. The molecule has 1 N–H and O–H groups in total. The number of aromatic nitrogens is 5. The van der Waals surface area contributed by atoms with Crippen LogP contribution in [-0.4, -0.2) is 38.0 Å². The third-order valence-electron chi connectivity index (χ3n) is 5.47. The average molecular weight is 384 g/mol. The number of rotatable bonds is 5. The van der Waals surface area contributed by atoms with Gasteiger partial charge >= 0.3 is 0 Å². The summed E-state index contributed by atoms with van der Waals surface area (Å²) in [6.07, 6.45) is 11.7. The topological polar surface area (TPSA) is 70.6 Å². The van der Waals surface area contributed by atoms with Gasteiger partial charge in [-0.25, -0.2) is 19.9 Å². The van der Waals surface area contributed by atoms with E-state index in [4.69, 9.17) is 4.98 Å². The minimum Gasteiger partial charge on any atom is -0.357 e. The number of pyridine rings is 2. The maximum atomic E-state index is 4.81. The van der Waals surface area contributed by atoms with Gasteiger partial charge in [-0.2, -0.15) is 0 Å². The number of nitrogens with one attached hydrogen (secondary N) is 1. The minimum atomic E-state index is 0.651. The molecule has 6 heteroatoms. The highest BCUT2D eigenvalue weighted by molar-refractivity contribution is 5.80. The van der Waals surface area contributed by atoms with Crippen LogP contribution in [0.1, 0.15) is 41.1 Å². The first-order valence-corrected chi connectivity index (χ1v) is 10.2. The third kappa shape index (κ3) is 3.83. The fourth-order valence-corrected chi connectivity index (χ4v) is 3.94. The summed E-state index contributed by atoms with van der Waals surface area (Å²) in [6.45, 7) is 4.27. The molecule has 0 unspecified atom stereocenters. The molecule has 6 nitrogen and oxygen atoms in total. The van der Waals surface area contributed by atoms with Gasteiger partial charge in [0.15, 0.2) is 0 Å². The third-order valence-corrected chi connectivity index (χ3v) is 5.47. The SMILES string of the molecule is Cc1cnc2[nH]cc(Cc3cnc(Cc4cccc(N5CCCC5)n4)nc3)c2c1. The van der Waals surface area contributed by atoms with Gasteiger partial charge < -0.3 is 9.88 Å². The number of hydrogen-bond acceptors (Lipinski definition) is 5. The van der Waals surface area contributed by atoms with E-state index >= 15 is 0 Å². The Bertz CT molecular complexity index is 1130. The second-order valence-electron chi connectivity index (χ2n) is 7.77. The quantitative estimate of drug-likeness (QED) is 0.566. The number of hydrogen-bond donors (Lipinski definition) is 1. The molecule has 5 heterocycles. The Morgan fingerprint density at radius 2 is 1.83 bits per heavy atom. The van der Waals surface area contributed by atoms with E-state index in [1.807, 2.05) is 24.8 Å². The highest BCUT2D eigenvalue weighted by Crippen LogP contribution is 2.21. The molecule has 29 heavy (non-hydrogen) atoms. The molecule has 5 rings (SSSR count). The Kier molecular flexibility index (Phi) is 4.68. The Morgan fingerprint density at radius 1 is 1.00 bits per heavy atom. The number of fused-ring (bicyclic) bond motifs is 1. The number of aromatic amines is 1. The van der Waals surface area contributed by atoms with Crippen molar-refractivity contribution in [2.45, 2.75) is 32.6 Å². The normalized spacial score (nSPS) is 14.0. The highest BCUT2D eigenvalue weighted by Gasteiger charge is 2.14. The van der Waals surface area contributed by atoms with E-state index in [9.17, 15) is 0 Å². The zero-order valence-corrected chi connectivity index (χ0v) is 16.6. The van der Waals surface area contributed by atoms with Crippen molar-refractivity contribution in [3.05, 3.63) is 77.3 Å². The smallest absolute Gasteiger partial charge is 0.137 e. The van der Waals surface area contributed by atoms with Crippen LogP contribution in [0.15, 0.2) is 49.1 Å². The highest BCUT2D eigenvalue weighted by atomic mass is 15.2. The predicted octanol–water partition coefficient (Wildman–Crippen LogP) is 3.84. The van der Waals surface area contributed by atoms with Gasteiger partial charge in [-0.1, -0.05) is 6.07 Å². The van der Waals surface area contributed by atoms with Gasteiger partial charge in [0.1, 0.15) is 17.3 Å². The summed E-state index contributed by atoms with van der Waals surface area (Å²) in [5.74, 6) is 1.87. The Balaban J connectivity index is 1.30. The van der Waals surface area contributed by atoms with Crippen LogP contribution >= 0.6 is 0 Å². The summed E-state index contributed by atoms with van der Waals surface area (Å²) in [7, 11) is 0. The van der Waals surface area contributed by atoms with E-state index in [1.54, 1.807) is 0 Å². The number of H-pyrrole nitrogens is 1. The number of aryl methyl sites for hydroxylation is 1. The van der Waals surface area contributed by atoms with E-state index < -0.39 is 0 Å². The van der Waals surface area contributed by atoms with Gasteiger partial charge in [0.05, 0.1) is 12.1 Å². The maximum Gasteiger partial charge on any atom is 0.137 e. The summed E-state index contributed by atoms with van der Waals surface area (Å²) < 4.78 is 0. The van der Waals surface area contributed by atoms with E-state index in [2.05, 4.69) is 56.0 Å². The molecule has 0 spiro atoms. The fraction of sp³-hybridized carbons (Fsp3) is 0.304. The molecule has 1 saturated heterocycles. The van der Waals surface area contributed by atoms with Crippen LogP contribution in [0.4, 0.5) is 5.82 Å². The number of nitrogens with zero attached hydrogens (tertiary/aromatic N) is 5. The van der Waals surface area contributed by atoms with Crippen molar-refractivity contribution in [3.63, 3.8) is 0 Å². The van der Waals surface area contributed by atoms with Crippen LogP contribution in [0.2, 0.25) is 0 Å². The Hall–Kier alpha value is -3.28. The van der Waals surface area contributed by atoms with Gasteiger partial charge in [0, 0.05) is 49.7 Å². The van der Waals surface area contributed by atoms with Gasteiger partial charge in [0.2, 0.25) is 0 Å². The van der Waals surface area contributed by atoms with Crippen molar-refractivity contribution < 1.29 is 0 Å². The van der Waals surface area contributed by atoms with Gasteiger partial charge in [0.25, 0.3) is 0 Å². The summed E-state index contributed by atoms with van der Waals surface area (Å²) in [4.78, 5) is 24.0. The molecular weight excluding hydrogens is 360 g/mol. The number of anilines is 1. The van der Waals surface area contributed by atoms with E-state index in [1.165, 1.54) is 18.4 Å². The summed E-state index contributed by atoms with van der Waals surface area (Å²) in [5, 5.41) is 1.16. The zero-order chi connectivity index (χ0) is 19.6. The molecule has 0 aromatic carbocycles. The summed E-state index contributed by atoms with van der Waals surface area (Å²) >= 11 is 0. The molecule has 1 fully saturated rings. The van der Waals surface area contributed by atoms with Crippen LogP contribution in [0.3, 0.4) is 0 Å². The molecular formula is C23H24N6. The van der Waals surface area contributed by atoms with Crippen LogP contribution in [-0.2, 0) is 12.8 Å². The van der Waals surface area contributed by atoms with Crippen molar-refractivity contribution in [2.24, 2.45) is 0 Å².